The number of hydrogen-bond donors (Lipinski definition) is 0. The van der Waals surface area contributed by atoms with Crippen molar-refractivity contribution < 1.29 is 0 Å². The van der Waals surface area contributed by atoms with Gasteiger partial charge in [-0.15, -0.1) is 0 Å². The van der Waals surface area contributed by atoms with Crippen molar-refractivity contribution in [3.05, 3.63) is 249 Å². The highest BCUT2D eigenvalue weighted by atomic mass is 28.3. The molecule has 0 fully saturated rings. The zero-order valence-electron chi connectivity index (χ0n) is 35.0. The number of nitrogens with zero attached hydrogens (tertiary/aromatic N) is 3. The van der Waals surface area contributed by atoms with Gasteiger partial charge in [0.25, 0.3) is 0 Å². The molecule has 300 valence electrons. The van der Waals surface area contributed by atoms with Gasteiger partial charge in [-0.25, -0.2) is 0 Å². The number of hydrogen-bond acceptors (Lipinski definition) is 0. The number of rotatable bonds is 7. The van der Waals surface area contributed by atoms with Gasteiger partial charge < -0.3 is 13.7 Å². The molecule has 3 heterocycles. The highest BCUT2D eigenvalue weighted by Gasteiger charge is 2.43. The molecule has 0 aliphatic carbocycles. The molecule has 13 rings (SSSR count). The van der Waals surface area contributed by atoms with Crippen molar-refractivity contribution in [2.45, 2.75) is 0 Å². The van der Waals surface area contributed by atoms with Gasteiger partial charge in [0.15, 0.2) is 8.07 Å². The first-order chi connectivity index (χ1) is 31.8. The Labute approximate surface area is 372 Å². The van der Waals surface area contributed by atoms with Crippen LogP contribution in [0.15, 0.2) is 249 Å². The molecule has 0 amide bonds. The maximum absolute atomic E-state index is 3.09. The summed E-state index contributed by atoms with van der Waals surface area (Å²) in [5, 5.41) is 12.9. The molecule has 3 aromatic heterocycles. The molecule has 64 heavy (non-hydrogen) atoms. The molecule has 0 N–H and O–H groups in total. The summed E-state index contributed by atoms with van der Waals surface area (Å²) in [5.41, 5.74) is 10.7. The standard InChI is InChI=1S/C60H41N3Si/c1-5-21-42(22-6-1)61-55-36-18-15-33-50(55)60-56(61)37-20-38-59(60)64(45-26-9-3-10-27-45,46-28-11-4-12-29-46)47-30-19-25-44(39-47)63-54-35-17-14-32-49(54)52-40-57-51(41-58(52)63)48-31-13-16-34-53(48)62(57)43-23-7-2-8-24-43/h1-41H. The monoisotopic (exact) mass is 831 g/mol. The summed E-state index contributed by atoms with van der Waals surface area (Å²) >= 11 is 0. The molecule has 4 heteroatoms. The van der Waals surface area contributed by atoms with E-state index in [2.05, 4.69) is 262 Å². The van der Waals surface area contributed by atoms with E-state index in [4.69, 9.17) is 0 Å². The van der Waals surface area contributed by atoms with Gasteiger partial charge in [0.2, 0.25) is 0 Å². The third-order valence-electron chi connectivity index (χ3n) is 13.5. The lowest BCUT2D eigenvalue weighted by Gasteiger charge is -2.35. The van der Waals surface area contributed by atoms with Crippen LogP contribution in [0.5, 0.6) is 0 Å². The Morgan fingerprint density at radius 3 is 1.16 bits per heavy atom. The molecule has 13 aromatic rings. The second-order valence-electron chi connectivity index (χ2n) is 16.8. The molecule has 0 aliphatic rings. The first kappa shape index (κ1) is 36.5. The minimum absolute atomic E-state index is 1.15. The molecule has 0 atom stereocenters. The van der Waals surface area contributed by atoms with Crippen LogP contribution < -0.4 is 20.7 Å². The van der Waals surface area contributed by atoms with Gasteiger partial charge in [0, 0.05) is 49.4 Å². The normalized spacial score (nSPS) is 12.1. The van der Waals surface area contributed by atoms with E-state index < -0.39 is 8.07 Å². The van der Waals surface area contributed by atoms with E-state index in [0.29, 0.717) is 0 Å². The number of fused-ring (bicyclic) bond motifs is 9. The first-order valence-corrected chi connectivity index (χ1v) is 24.1. The lowest BCUT2D eigenvalue weighted by Crippen LogP contribution is -2.74. The second-order valence-corrected chi connectivity index (χ2v) is 20.6. The van der Waals surface area contributed by atoms with E-state index in [1.807, 2.05) is 0 Å². The summed E-state index contributed by atoms with van der Waals surface area (Å²) < 4.78 is 7.39. The quantitative estimate of drug-likeness (QED) is 0.112. The van der Waals surface area contributed by atoms with Crippen LogP contribution in [0.4, 0.5) is 0 Å². The van der Waals surface area contributed by atoms with Crippen LogP contribution in [0.2, 0.25) is 0 Å². The van der Waals surface area contributed by atoms with Crippen LogP contribution in [0, 0.1) is 0 Å². The van der Waals surface area contributed by atoms with Crippen LogP contribution in [-0.4, -0.2) is 21.8 Å². The third kappa shape index (κ3) is 5.27. The largest absolute Gasteiger partial charge is 0.309 e. The number of aromatic nitrogens is 3. The molecule has 0 saturated heterocycles. The van der Waals surface area contributed by atoms with Gasteiger partial charge in [-0.1, -0.05) is 176 Å². The summed E-state index contributed by atoms with van der Waals surface area (Å²) in [6.45, 7) is 0. The number of benzene rings is 10. The van der Waals surface area contributed by atoms with Gasteiger partial charge in [0.1, 0.15) is 0 Å². The van der Waals surface area contributed by atoms with Gasteiger partial charge in [-0.05, 0) is 93.5 Å². The molecule has 0 bridgehead atoms. The zero-order chi connectivity index (χ0) is 42.2. The predicted molar refractivity (Wildman–Crippen MR) is 273 cm³/mol. The lowest BCUT2D eigenvalue weighted by molar-refractivity contribution is 1.18. The average Bonchev–Trinajstić information content (AvgIpc) is 4.00. The first-order valence-electron chi connectivity index (χ1n) is 22.1. The van der Waals surface area contributed by atoms with E-state index in [1.54, 1.807) is 0 Å². The Morgan fingerprint density at radius 2 is 0.609 bits per heavy atom. The second kappa shape index (κ2) is 14.5. The van der Waals surface area contributed by atoms with E-state index >= 15 is 0 Å². The van der Waals surface area contributed by atoms with Gasteiger partial charge in [0.05, 0.1) is 33.1 Å². The Hall–Kier alpha value is -8.18. The fourth-order valence-corrected chi connectivity index (χ4v) is 16.0. The van der Waals surface area contributed by atoms with Crippen molar-refractivity contribution in [1.29, 1.82) is 0 Å². The van der Waals surface area contributed by atoms with E-state index in [-0.39, 0.29) is 0 Å². The van der Waals surface area contributed by atoms with Gasteiger partial charge in [-0.3, -0.25) is 0 Å². The predicted octanol–water partition coefficient (Wildman–Crippen LogP) is 12.4. The van der Waals surface area contributed by atoms with Crippen molar-refractivity contribution in [2.75, 3.05) is 0 Å². The summed E-state index contributed by atoms with van der Waals surface area (Å²) in [4.78, 5) is 0. The SMILES string of the molecule is c1ccc(-n2c3ccccc3c3cc4c(cc32)c2ccccc2n4-c2cccc([Si](c3ccccc3)(c3ccccc3)c3cccc4c3c3ccccc3n4-c3ccccc3)c2)cc1. The Morgan fingerprint density at radius 1 is 0.234 bits per heavy atom. The van der Waals surface area contributed by atoms with Crippen LogP contribution in [0.1, 0.15) is 0 Å². The Bertz CT molecular complexity index is 3840. The minimum atomic E-state index is -3.09. The topological polar surface area (TPSA) is 14.8 Å². The van der Waals surface area contributed by atoms with Crippen molar-refractivity contribution in [3.8, 4) is 17.1 Å². The molecule has 0 saturated carbocycles. The van der Waals surface area contributed by atoms with Crippen molar-refractivity contribution in [1.82, 2.24) is 13.7 Å². The third-order valence-corrected chi connectivity index (χ3v) is 18.3. The van der Waals surface area contributed by atoms with Gasteiger partial charge in [-0.2, -0.15) is 0 Å². The smallest absolute Gasteiger partial charge is 0.180 e. The summed E-state index contributed by atoms with van der Waals surface area (Å²) in [7, 11) is -3.09. The number of para-hydroxylation sites is 5. The van der Waals surface area contributed by atoms with Crippen molar-refractivity contribution >= 4 is 94.2 Å². The van der Waals surface area contributed by atoms with Crippen LogP contribution in [0.3, 0.4) is 0 Å². The Balaban J connectivity index is 1.14. The molecule has 3 nitrogen and oxygen atoms in total. The maximum Gasteiger partial charge on any atom is 0.180 e. The molecule has 0 unspecified atom stereocenters. The summed E-state index contributed by atoms with van der Waals surface area (Å²) in [6, 6.07) is 92.4. The lowest BCUT2D eigenvalue weighted by atomic mass is 10.1. The van der Waals surface area contributed by atoms with E-state index in [9.17, 15) is 0 Å². The Kier molecular flexibility index (Phi) is 8.23. The fourth-order valence-electron chi connectivity index (χ4n) is 11.0. The van der Waals surface area contributed by atoms with E-state index in [0.717, 1.165) is 17.1 Å². The molecule has 0 aliphatic heterocycles. The summed E-state index contributed by atoms with van der Waals surface area (Å²) in [6.07, 6.45) is 0. The van der Waals surface area contributed by atoms with Crippen LogP contribution in [0.25, 0.3) is 82.5 Å². The van der Waals surface area contributed by atoms with Crippen molar-refractivity contribution in [2.24, 2.45) is 0 Å². The molecular formula is C60H41N3Si. The molecular weight excluding hydrogens is 791 g/mol. The molecule has 0 spiro atoms. The van der Waals surface area contributed by atoms with Crippen molar-refractivity contribution in [3.63, 3.8) is 0 Å². The van der Waals surface area contributed by atoms with Crippen LogP contribution in [-0.2, 0) is 0 Å². The maximum atomic E-state index is 2.52. The highest BCUT2D eigenvalue weighted by molar-refractivity contribution is 7.20. The average molecular weight is 832 g/mol. The summed E-state index contributed by atoms with van der Waals surface area (Å²) in [5.74, 6) is 0. The molecule has 10 aromatic carbocycles. The zero-order valence-corrected chi connectivity index (χ0v) is 36.0. The van der Waals surface area contributed by atoms with Crippen LogP contribution >= 0.6 is 0 Å². The van der Waals surface area contributed by atoms with Gasteiger partial charge >= 0.3 is 0 Å². The molecule has 0 radical (unpaired) electrons. The fraction of sp³-hybridized carbons (Fsp3) is 0. The minimum Gasteiger partial charge on any atom is -0.309 e. The highest BCUT2D eigenvalue weighted by Crippen LogP contribution is 2.40. The van der Waals surface area contributed by atoms with E-state index in [1.165, 1.54) is 86.2 Å².